The number of hydrogen-bond acceptors (Lipinski definition) is 0. The van der Waals surface area contributed by atoms with E-state index in [0.29, 0.717) is 0 Å². The van der Waals surface area contributed by atoms with E-state index in [2.05, 4.69) is 0 Å². The average Bonchev–Trinajstić information content (AvgIpc) is 3.46. The van der Waals surface area contributed by atoms with E-state index in [9.17, 15) is 39.5 Å². The van der Waals surface area contributed by atoms with Crippen LogP contribution in [0, 0.1) is 87.3 Å². The van der Waals surface area contributed by atoms with Crippen LogP contribution in [0.4, 0.5) is 65.9 Å². The van der Waals surface area contributed by atoms with E-state index in [1.54, 1.807) is 0 Å². The molecule has 17 heteroatoms. The first kappa shape index (κ1) is 28.6. The summed E-state index contributed by atoms with van der Waals surface area (Å²) in [7, 11) is 0. The first-order valence-electron chi connectivity index (χ1n) is 10.5. The molecule has 0 atom stereocenters. The number of halogens is 15. The van der Waals surface area contributed by atoms with E-state index < -0.39 is 123 Å². The molecule has 0 bridgehead atoms. The van der Waals surface area contributed by atoms with Crippen molar-refractivity contribution in [2.45, 2.75) is 12.8 Å². The molecule has 4 rings (SSSR count). The molecule has 1 aliphatic rings. The molecule has 1 heterocycles. The largest absolute Gasteiger partial charge is 0.660 e. The van der Waals surface area contributed by atoms with Gasteiger partial charge in [-0.3, -0.25) is 0 Å². The fourth-order valence-corrected chi connectivity index (χ4v) is 4.90. The fourth-order valence-electron chi connectivity index (χ4n) is 4.90. The van der Waals surface area contributed by atoms with Crippen molar-refractivity contribution in [3.63, 3.8) is 0 Å². The maximum absolute atomic E-state index is 15.3. The Kier molecular flexibility index (Phi) is 7.11. The molecule has 1 fully saturated rings. The Morgan fingerprint density at radius 2 is 0.487 bits per heavy atom. The van der Waals surface area contributed by atoms with Crippen molar-refractivity contribution in [2.75, 3.05) is 13.2 Å². The summed E-state index contributed by atoms with van der Waals surface area (Å²) in [5.74, 6) is -45.0. The second-order valence-corrected chi connectivity index (χ2v) is 8.39. The van der Waals surface area contributed by atoms with Crippen LogP contribution in [0.15, 0.2) is 0 Å². The van der Waals surface area contributed by atoms with Gasteiger partial charge in [-0.2, -0.15) is 0 Å². The predicted octanol–water partition coefficient (Wildman–Crippen LogP) is 5.09. The zero-order chi connectivity index (χ0) is 29.3. The SMILES string of the molecule is Fc1c(F)c(F)c([B-](c2c(F)c(F)c(F)c(F)c2F)(c2c(F)c(F)c(F)c(F)c2F)[O+]2CCCC2)c(F)c1F. The smallest absolute Gasteiger partial charge is 0.394 e. The molecular formula is C22H8BF15O. The van der Waals surface area contributed by atoms with Crippen LogP contribution in [0.5, 0.6) is 0 Å². The lowest BCUT2D eigenvalue weighted by atomic mass is 9.27. The van der Waals surface area contributed by atoms with Gasteiger partial charge >= 0.3 is 6.35 Å². The van der Waals surface area contributed by atoms with Crippen molar-refractivity contribution in [1.82, 2.24) is 0 Å². The molecule has 0 N–H and O–H groups in total. The third-order valence-corrected chi connectivity index (χ3v) is 6.51. The minimum Gasteiger partial charge on any atom is -0.660 e. The molecule has 0 amide bonds. The quantitative estimate of drug-likeness (QED) is 0.132. The van der Waals surface area contributed by atoms with E-state index in [1.807, 2.05) is 0 Å². The summed E-state index contributed by atoms with van der Waals surface area (Å²) in [4.78, 5) is 0. The van der Waals surface area contributed by atoms with Crippen molar-refractivity contribution in [3.05, 3.63) is 87.3 Å². The Morgan fingerprint density at radius 1 is 0.308 bits per heavy atom. The van der Waals surface area contributed by atoms with Crippen molar-refractivity contribution < 1.29 is 70.1 Å². The first-order chi connectivity index (χ1) is 18.1. The summed E-state index contributed by atoms with van der Waals surface area (Å²) >= 11 is 0. The number of hydrogen-bond donors (Lipinski definition) is 0. The summed E-state index contributed by atoms with van der Waals surface area (Å²) in [6.07, 6.45) is -6.24. The summed E-state index contributed by atoms with van der Waals surface area (Å²) < 4.78 is 220. The van der Waals surface area contributed by atoms with Gasteiger partial charge in [0.25, 0.3) is 0 Å². The molecule has 0 spiro atoms. The Labute approximate surface area is 207 Å². The third kappa shape index (κ3) is 3.72. The molecule has 0 saturated carbocycles. The van der Waals surface area contributed by atoms with Crippen LogP contribution in [-0.2, 0) is 4.28 Å². The van der Waals surface area contributed by atoms with Crippen LogP contribution in [-0.4, -0.2) is 19.6 Å². The molecule has 210 valence electrons. The number of benzene rings is 3. The molecule has 39 heavy (non-hydrogen) atoms. The molecular weight excluding hydrogens is 576 g/mol. The zero-order valence-electron chi connectivity index (χ0n) is 18.5. The second kappa shape index (κ2) is 9.68. The highest BCUT2D eigenvalue weighted by Gasteiger charge is 2.59. The van der Waals surface area contributed by atoms with Crippen LogP contribution in [0.3, 0.4) is 0 Å². The van der Waals surface area contributed by atoms with Crippen LogP contribution >= 0.6 is 0 Å². The second-order valence-electron chi connectivity index (χ2n) is 8.39. The highest BCUT2D eigenvalue weighted by atomic mass is 19.2. The zero-order valence-corrected chi connectivity index (χ0v) is 18.5. The first-order valence-corrected chi connectivity index (χ1v) is 10.5. The van der Waals surface area contributed by atoms with Gasteiger partial charge in [0, 0.05) is 12.8 Å². The molecule has 0 unspecified atom stereocenters. The van der Waals surface area contributed by atoms with Gasteiger partial charge in [-0.05, 0) is 16.4 Å². The molecule has 0 aliphatic carbocycles. The van der Waals surface area contributed by atoms with Gasteiger partial charge < -0.3 is 4.28 Å². The monoisotopic (exact) mass is 584 g/mol. The summed E-state index contributed by atoms with van der Waals surface area (Å²) in [6.45, 7) is -1.89. The van der Waals surface area contributed by atoms with Crippen molar-refractivity contribution in [1.29, 1.82) is 0 Å². The molecule has 3 aromatic rings. The van der Waals surface area contributed by atoms with Gasteiger partial charge in [0.15, 0.2) is 52.4 Å². The van der Waals surface area contributed by atoms with E-state index in [4.69, 9.17) is 0 Å². The Bertz CT molecular complexity index is 1280. The molecule has 0 aromatic heterocycles. The number of rotatable bonds is 4. The molecule has 1 nitrogen and oxygen atoms in total. The molecule has 3 aromatic carbocycles. The maximum Gasteiger partial charge on any atom is 0.394 e. The summed E-state index contributed by atoms with van der Waals surface area (Å²) in [5.41, 5.74) is -7.90. The van der Waals surface area contributed by atoms with Gasteiger partial charge in [0.2, 0.25) is 0 Å². The Morgan fingerprint density at radius 3 is 0.692 bits per heavy atom. The highest BCUT2D eigenvalue weighted by molar-refractivity contribution is 7.08. The van der Waals surface area contributed by atoms with Gasteiger partial charge in [0.1, 0.15) is 34.9 Å². The predicted molar refractivity (Wildman–Crippen MR) is 103 cm³/mol. The van der Waals surface area contributed by atoms with E-state index in [0.717, 1.165) is 0 Å². The summed E-state index contributed by atoms with van der Waals surface area (Å²) in [6, 6.07) is 0. The Hall–Kier alpha value is -3.37. The average molecular weight is 584 g/mol. The minimum atomic E-state index is -5.67. The lowest BCUT2D eigenvalue weighted by molar-refractivity contribution is 0.0490. The van der Waals surface area contributed by atoms with Crippen LogP contribution in [0.25, 0.3) is 0 Å². The molecule has 1 saturated heterocycles. The van der Waals surface area contributed by atoms with E-state index >= 15 is 26.3 Å². The Balaban J connectivity index is 2.47. The maximum atomic E-state index is 15.3. The molecule has 1 aliphatic heterocycles. The van der Waals surface area contributed by atoms with Gasteiger partial charge in [-0.1, -0.05) is 0 Å². The van der Waals surface area contributed by atoms with Gasteiger partial charge in [-0.15, -0.1) is 0 Å². The minimum absolute atomic E-state index is 0.283. The van der Waals surface area contributed by atoms with Crippen LogP contribution < -0.4 is 16.4 Å². The van der Waals surface area contributed by atoms with Crippen molar-refractivity contribution >= 4 is 22.7 Å². The van der Waals surface area contributed by atoms with Crippen LogP contribution in [0.2, 0.25) is 0 Å². The van der Waals surface area contributed by atoms with Crippen molar-refractivity contribution in [3.8, 4) is 0 Å². The normalized spacial score (nSPS) is 14.5. The van der Waals surface area contributed by atoms with Gasteiger partial charge in [-0.25, -0.2) is 65.9 Å². The van der Waals surface area contributed by atoms with Gasteiger partial charge in [0.05, 0.1) is 13.2 Å². The topological polar surface area (TPSA) is 2.70 Å². The lowest BCUT2D eigenvalue weighted by Gasteiger charge is -2.47. The van der Waals surface area contributed by atoms with E-state index in [-0.39, 0.29) is 12.8 Å². The molecule has 0 radical (unpaired) electrons. The summed E-state index contributed by atoms with van der Waals surface area (Å²) in [5, 5.41) is 0. The van der Waals surface area contributed by atoms with Crippen LogP contribution in [0.1, 0.15) is 12.8 Å². The lowest BCUT2D eigenvalue weighted by Crippen LogP contribution is -2.78. The van der Waals surface area contributed by atoms with E-state index in [1.165, 1.54) is 4.28 Å². The fraction of sp³-hybridized carbons (Fsp3) is 0.182. The standard InChI is InChI=1S/C22H8BF15O/c24-8-5(9(25)15(31)20(36)14(8)30)23(39-3-1-2-4-39,6-10(26)16(32)21(37)17(33)11(6)27)7-12(28)18(34)22(38)19(35)13(7)29/h1-4H2. The third-order valence-electron chi connectivity index (χ3n) is 6.51. The van der Waals surface area contributed by atoms with Crippen molar-refractivity contribution in [2.24, 2.45) is 0 Å². The highest BCUT2D eigenvalue weighted by Crippen LogP contribution is 2.33.